The quantitative estimate of drug-likeness (QED) is 0.463. The summed E-state index contributed by atoms with van der Waals surface area (Å²) in [4.78, 5) is 0. The Kier molecular flexibility index (Phi) is 3.69. The lowest BCUT2D eigenvalue weighted by molar-refractivity contribution is 0.00578. The van der Waals surface area contributed by atoms with E-state index in [0.29, 0.717) is 12.8 Å². The van der Waals surface area contributed by atoms with Crippen molar-refractivity contribution in [2.75, 3.05) is 0 Å². The molecule has 3 fully saturated rings. The lowest BCUT2D eigenvalue weighted by atomic mass is 9.56. The molecule has 1 aliphatic heterocycles. The van der Waals surface area contributed by atoms with Crippen LogP contribution in [0.1, 0.15) is 102 Å². The Morgan fingerprint density at radius 1 is 0.750 bits per heavy atom. The fourth-order valence-electron chi connectivity index (χ4n) is 6.22. The van der Waals surface area contributed by atoms with Crippen LogP contribution in [0.4, 0.5) is 0 Å². The van der Waals surface area contributed by atoms with Crippen molar-refractivity contribution < 1.29 is 14.8 Å². The van der Waals surface area contributed by atoms with Crippen LogP contribution in [-0.4, -0.2) is 18.3 Å². The van der Waals surface area contributed by atoms with Gasteiger partial charge in [-0.3, -0.25) is 0 Å². The summed E-state index contributed by atoms with van der Waals surface area (Å²) < 4.78 is 51.2. The Morgan fingerprint density at radius 2 is 1.38 bits per heavy atom. The van der Waals surface area contributed by atoms with Gasteiger partial charge in [-0.05, 0) is 99.3 Å². The van der Waals surface area contributed by atoms with Gasteiger partial charge in [0.2, 0.25) is 0 Å². The van der Waals surface area contributed by atoms with E-state index in [4.69, 9.17) is 9.31 Å². The van der Waals surface area contributed by atoms with Crippen LogP contribution in [0, 0.1) is 5.41 Å². The molecule has 0 N–H and O–H groups in total. The van der Waals surface area contributed by atoms with Crippen LogP contribution in [0.2, 0.25) is 0 Å². The summed E-state index contributed by atoms with van der Waals surface area (Å²) in [5.74, 6) is 0. The van der Waals surface area contributed by atoms with Crippen LogP contribution in [0.15, 0.2) is 42.5 Å². The first-order chi connectivity index (χ1) is 16.8. The summed E-state index contributed by atoms with van der Waals surface area (Å²) in [5.41, 5.74) is 1.61. The molecule has 0 amide bonds. The van der Waals surface area contributed by atoms with Gasteiger partial charge in [-0.1, -0.05) is 61.7 Å². The van der Waals surface area contributed by atoms with Gasteiger partial charge in [-0.25, -0.2) is 0 Å². The van der Waals surface area contributed by atoms with Gasteiger partial charge in [0.25, 0.3) is 0 Å². The van der Waals surface area contributed by atoms with Crippen molar-refractivity contribution in [1.29, 1.82) is 0 Å². The zero-order valence-corrected chi connectivity index (χ0v) is 19.9. The van der Waals surface area contributed by atoms with E-state index in [1.54, 1.807) is 0 Å². The van der Waals surface area contributed by atoms with Crippen LogP contribution < -0.4 is 5.46 Å². The number of rotatable bonds is 1. The summed E-state index contributed by atoms with van der Waals surface area (Å²) in [6.45, 7) is 8.11. The number of hydrogen-bond donors (Lipinski definition) is 0. The molecule has 2 saturated carbocycles. The maximum Gasteiger partial charge on any atom is 0.494 e. The maximum atomic E-state index is 9.62. The van der Waals surface area contributed by atoms with Crippen molar-refractivity contribution in [1.82, 2.24) is 0 Å². The molecule has 1 saturated heterocycles. The molecule has 2 aromatic carbocycles. The van der Waals surface area contributed by atoms with Gasteiger partial charge in [-0.15, -0.1) is 0 Å². The lowest BCUT2D eigenvalue weighted by Gasteiger charge is -2.48. The van der Waals surface area contributed by atoms with Crippen molar-refractivity contribution in [3.8, 4) is 11.1 Å². The molecule has 3 aliphatic carbocycles. The first-order valence-corrected chi connectivity index (χ1v) is 12.4. The van der Waals surface area contributed by atoms with Crippen LogP contribution in [0.3, 0.4) is 0 Å². The second kappa shape index (κ2) is 6.96. The summed E-state index contributed by atoms with van der Waals surface area (Å²) in [5, 5.41) is 0. The molecule has 2 spiro atoms. The first-order valence-electron chi connectivity index (χ1n) is 14.4. The van der Waals surface area contributed by atoms with Crippen molar-refractivity contribution >= 4 is 12.6 Å². The molecule has 2 aromatic rings. The predicted octanol–water partition coefficient (Wildman–Crippen LogP) is 6.78. The topological polar surface area (TPSA) is 18.5 Å². The van der Waals surface area contributed by atoms with Crippen molar-refractivity contribution in [3.05, 3.63) is 53.6 Å². The minimum atomic E-state index is -1.75. The van der Waals surface area contributed by atoms with Crippen molar-refractivity contribution in [2.45, 2.75) is 102 Å². The molecule has 0 aromatic heterocycles. The molecule has 2 nitrogen and oxygen atoms in total. The van der Waals surface area contributed by atoms with Gasteiger partial charge in [0.05, 0.1) is 11.2 Å². The van der Waals surface area contributed by atoms with Crippen LogP contribution in [0.25, 0.3) is 11.1 Å². The molecule has 6 rings (SSSR count). The van der Waals surface area contributed by atoms with E-state index >= 15 is 0 Å². The minimum absolute atomic E-state index is 0.266. The zero-order valence-electron chi connectivity index (χ0n) is 23.9. The molecule has 1 heterocycles. The van der Waals surface area contributed by atoms with E-state index in [1.807, 2.05) is 70.2 Å². The van der Waals surface area contributed by atoms with E-state index in [2.05, 4.69) is 0 Å². The van der Waals surface area contributed by atoms with Gasteiger partial charge in [0.15, 0.2) is 0 Å². The average molecular weight is 432 g/mol. The van der Waals surface area contributed by atoms with Crippen molar-refractivity contribution in [3.63, 3.8) is 0 Å². The fourth-order valence-corrected chi connectivity index (χ4v) is 6.22. The Bertz CT molecular complexity index is 1180. The smallest absolute Gasteiger partial charge is 0.399 e. The van der Waals surface area contributed by atoms with Crippen LogP contribution >= 0.6 is 0 Å². The third-order valence-electron chi connectivity index (χ3n) is 8.97. The Hall–Kier alpha value is -1.58. The van der Waals surface area contributed by atoms with Gasteiger partial charge < -0.3 is 9.31 Å². The molecule has 0 radical (unpaired) electrons. The van der Waals surface area contributed by atoms with Crippen LogP contribution in [-0.2, 0) is 14.7 Å². The number of fused-ring (bicyclic) bond motifs is 5. The highest BCUT2D eigenvalue weighted by Gasteiger charge is 2.53. The fraction of sp³-hybridized carbons (Fsp3) is 0.586. The highest BCUT2D eigenvalue weighted by Crippen LogP contribution is 2.60. The predicted molar refractivity (Wildman–Crippen MR) is 132 cm³/mol. The van der Waals surface area contributed by atoms with E-state index in [1.165, 1.54) is 6.42 Å². The Labute approximate surface area is 199 Å². The molecule has 4 aliphatic rings. The summed E-state index contributed by atoms with van der Waals surface area (Å²) in [6, 6.07) is 13.9. The monoisotopic (exact) mass is 432 g/mol. The number of hydrogen-bond acceptors (Lipinski definition) is 2. The second-order valence-electron chi connectivity index (χ2n) is 11.5. The van der Waals surface area contributed by atoms with E-state index in [0.717, 1.165) is 53.4 Å². The Balaban J connectivity index is 1.54. The zero-order chi connectivity index (χ0) is 25.8. The van der Waals surface area contributed by atoms with Gasteiger partial charge in [-0.2, -0.15) is 0 Å². The molecular weight excluding hydrogens is 391 g/mol. The van der Waals surface area contributed by atoms with E-state index in [9.17, 15) is 5.48 Å². The van der Waals surface area contributed by atoms with E-state index < -0.39 is 36.5 Å². The van der Waals surface area contributed by atoms with Gasteiger partial charge >= 0.3 is 7.12 Å². The Morgan fingerprint density at radius 3 is 2.06 bits per heavy atom. The normalized spacial score (nSPS) is 31.3. The molecule has 0 bridgehead atoms. The summed E-state index contributed by atoms with van der Waals surface area (Å²) >= 11 is 0. The third kappa shape index (κ3) is 2.93. The molecule has 168 valence electrons. The minimum Gasteiger partial charge on any atom is -0.399 e. The first kappa shape index (κ1) is 16.9. The standard InChI is InChI=1S/C29H37BO2/c1-26(2)27(3,4)32-30(31-26)21-12-13-23-22-10-6-7-11-24(22)29(25(23)20-21)18-16-28(17-19-29)14-8-5-9-15-28/h6-7,10-13,20H,5,8-9,14-19H2,1-4H3/i18D2,19D2. The summed E-state index contributed by atoms with van der Waals surface area (Å²) in [7, 11) is -0.578. The SMILES string of the molecule is [2H]C1([2H])CC2(CCCCC2)CC([2H])([2H])C12c1ccccc1-c1ccc(B3OC(C)(C)C(C)(C)O3)cc12. The molecule has 0 atom stereocenters. The maximum absolute atomic E-state index is 9.62. The largest absolute Gasteiger partial charge is 0.494 e. The van der Waals surface area contributed by atoms with Crippen LogP contribution in [0.5, 0.6) is 0 Å². The second-order valence-corrected chi connectivity index (χ2v) is 11.5. The molecule has 32 heavy (non-hydrogen) atoms. The van der Waals surface area contributed by atoms with Gasteiger partial charge in [0, 0.05) is 10.9 Å². The van der Waals surface area contributed by atoms with Gasteiger partial charge in [0.1, 0.15) is 0 Å². The molecular formula is C29H37BO2. The average Bonchev–Trinajstić information content (AvgIpc) is 3.20. The molecule has 0 unspecified atom stereocenters. The van der Waals surface area contributed by atoms with E-state index in [-0.39, 0.29) is 5.41 Å². The third-order valence-corrected chi connectivity index (χ3v) is 8.97. The number of benzene rings is 2. The lowest BCUT2D eigenvalue weighted by Crippen LogP contribution is -2.41. The highest BCUT2D eigenvalue weighted by atomic mass is 16.7. The highest BCUT2D eigenvalue weighted by molar-refractivity contribution is 6.62. The summed E-state index contributed by atoms with van der Waals surface area (Å²) in [6.07, 6.45) is 2.44. The molecule has 3 heteroatoms. The van der Waals surface area contributed by atoms with Crippen molar-refractivity contribution in [2.24, 2.45) is 5.41 Å².